The highest BCUT2D eigenvalue weighted by atomic mass is 19.4. The first-order chi connectivity index (χ1) is 9.97. The van der Waals surface area contributed by atoms with E-state index in [1.807, 2.05) is 30.3 Å². The van der Waals surface area contributed by atoms with Crippen LogP contribution in [0.5, 0.6) is 0 Å². The second-order valence-electron chi connectivity index (χ2n) is 5.95. The second-order valence-corrected chi connectivity index (χ2v) is 5.95. The Bertz CT molecular complexity index is 512. The highest BCUT2D eigenvalue weighted by Gasteiger charge is 2.60. The van der Waals surface area contributed by atoms with Crippen molar-refractivity contribution in [3.63, 3.8) is 0 Å². The van der Waals surface area contributed by atoms with Crippen LogP contribution in [0.15, 0.2) is 30.3 Å². The number of carbonyl (C=O) groups excluding carboxylic acids is 1. The Morgan fingerprint density at radius 1 is 1.14 bits per heavy atom. The lowest BCUT2D eigenvalue weighted by Crippen LogP contribution is -2.34. The Morgan fingerprint density at radius 3 is 2.38 bits per heavy atom. The van der Waals surface area contributed by atoms with Crippen molar-refractivity contribution in [1.82, 2.24) is 0 Å². The minimum Gasteiger partial charge on any atom is -0.447 e. The van der Waals surface area contributed by atoms with Gasteiger partial charge >= 0.3 is 12.1 Å². The molecular weight excluding hydrogens is 281 g/mol. The zero-order valence-electron chi connectivity index (χ0n) is 11.5. The van der Waals surface area contributed by atoms with Crippen LogP contribution in [0.4, 0.5) is 13.2 Å². The van der Waals surface area contributed by atoms with Crippen molar-refractivity contribution in [2.45, 2.75) is 38.0 Å². The maximum atomic E-state index is 13.3. The molecule has 21 heavy (non-hydrogen) atoms. The summed E-state index contributed by atoms with van der Waals surface area (Å²) in [6, 6.07) is 9.55. The van der Waals surface area contributed by atoms with Crippen LogP contribution >= 0.6 is 0 Å². The van der Waals surface area contributed by atoms with E-state index >= 15 is 0 Å². The molecule has 114 valence electrons. The number of hydrogen-bond donors (Lipinski definition) is 0. The molecule has 1 saturated heterocycles. The number of halogens is 3. The van der Waals surface area contributed by atoms with Gasteiger partial charge in [0.25, 0.3) is 0 Å². The highest BCUT2D eigenvalue weighted by Crippen LogP contribution is 2.52. The van der Waals surface area contributed by atoms with Gasteiger partial charge in [0, 0.05) is 5.92 Å². The summed E-state index contributed by atoms with van der Waals surface area (Å²) in [5.74, 6) is -2.97. The van der Waals surface area contributed by atoms with Crippen molar-refractivity contribution >= 4 is 5.97 Å². The van der Waals surface area contributed by atoms with Crippen LogP contribution in [0.25, 0.3) is 0 Å². The summed E-state index contributed by atoms with van der Waals surface area (Å²) in [4.78, 5) is 11.0. The van der Waals surface area contributed by atoms with E-state index in [4.69, 9.17) is 4.74 Å². The fourth-order valence-corrected chi connectivity index (χ4v) is 3.64. The average Bonchev–Trinajstić information content (AvgIpc) is 3.00. The molecule has 4 atom stereocenters. The van der Waals surface area contributed by atoms with Gasteiger partial charge in [-0.25, -0.2) is 4.79 Å². The molecular formula is C16H17F3O2. The van der Waals surface area contributed by atoms with E-state index in [1.54, 1.807) is 0 Å². The number of aryl methyl sites for hydroxylation is 1. The van der Waals surface area contributed by atoms with Gasteiger partial charge in [-0.15, -0.1) is 0 Å². The third-order valence-corrected chi connectivity index (χ3v) is 4.67. The highest BCUT2D eigenvalue weighted by molar-refractivity contribution is 5.87. The lowest BCUT2D eigenvalue weighted by Gasteiger charge is -2.26. The van der Waals surface area contributed by atoms with Crippen LogP contribution in [0.2, 0.25) is 0 Å². The first-order valence-electron chi connectivity index (χ1n) is 7.28. The van der Waals surface area contributed by atoms with E-state index in [0.29, 0.717) is 25.7 Å². The van der Waals surface area contributed by atoms with Crippen molar-refractivity contribution in [2.75, 3.05) is 0 Å². The number of cyclic esters (lactones) is 1. The van der Waals surface area contributed by atoms with Gasteiger partial charge in [-0.2, -0.15) is 13.2 Å². The summed E-state index contributed by atoms with van der Waals surface area (Å²) in [5.41, 5.74) is 1.06. The van der Waals surface area contributed by atoms with Gasteiger partial charge in [-0.05, 0) is 37.2 Å². The molecule has 0 aromatic heterocycles. The van der Waals surface area contributed by atoms with Gasteiger partial charge in [-0.1, -0.05) is 30.3 Å². The van der Waals surface area contributed by atoms with Gasteiger partial charge < -0.3 is 4.74 Å². The van der Waals surface area contributed by atoms with Gasteiger partial charge in [-0.3, -0.25) is 0 Å². The third kappa shape index (κ3) is 3.06. The molecule has 5 heteroatoms. The molecule has 1 aromatic carbocycles. The molecule has 1 aliphatic carbocycles. The zero-order chi connectivity index (χ0) is 15.0. The van der Waals surface area contributed by atoms with Crippen LogP contribution in [0.1, 0.15) is 24.8 Å². The Balaban J connectivity index is 1.68. The zero-order valence-corrected chi connectivity index (χ0v) is 11.5. The van der Waals surface area contributed by atoms with Crippen molar-refractivity contribution in [3.05, 3.63) is 35.9 Å². The third-order valence-electron chi connectivity index (χ3n) is 4.67. The quantitative estimate of drug-likeness (QED) is 0.792. The molecule has 1 aromatic rings. The number of alkyl halides is 3. The fraction of sp³-hybridized carbons (Fsp3) is 0.562. The summed E-state index contributed by atoms with van der Waals surface area (Å²) >= 11 is 0. The molecule has 2 nitrogen and oxygen atoms in total. The molecule has 2 fully saturated rings. The minimum absolute atomic E-state index is 0.410. The number of carbonyl (C=O) groups is 1. The van der Waals surface area contributed by atoms with Gasteiger partial charge in [0.15, 0.2) is 0 Å². The van der Waals surface area contributed by atoms with Gasteiger partial charge in [0.1, 0.15) is 0 Å². The van der Waals surface area contributed by atoms with Crippen molar-refractivity contribution in [3.8, 4) is 0 Å². The Hall–Kier alpha value is -1.52. The van der Waals surface area contributed by atoms with Crippen LogP contribution < -0.4 is 0 Å². The molecule has 0 radical (unpaired) electrons. The average molecular weight is 298 g/mol. The number of rotatable bonds is 4. The van der Waals surface area contributed by atoms with Crippen molar-refractivity contribution in [2.24, 2.45) is 17.8 Å². The second kappa shape index (κ2) is 5.35. The smallest absolute Gasteiger partial charge is 0.392 e. The van der Waals surface area contributed by atoms with Crippen LogP contribution in [-0.4, -0.2) is 18.2 Å². The summed E-state index contributed by atoms with van der Waals surface area (Å²) < 4.78 is 44.7. The van der Waals surface area contributed by atoms with Gasteiger partial charge in [0.05, 0.1) is 5.92 Å². The first-order valence-corrected chi connectivity index (χ1v) is 7.28. The Labute approximate surface area is 121 Å². The molecule has 3 rings (SSSR count). The molecule has 0 spiro atoms. The number of hydrogen-bond acceptors (Lipinski definition) is 2. The normalized spacial score (nSPS) is 32.0. The molecule has 2 aliphatic rings. The Morgan fingerprint density at radius 2 is 1.81 bits per heavy atom. The van der Waals surface area contributed by atoms with Crippen LogP contribution in [0.3, 0.4) is 0 Å². The molecule has 1 heterocycles. The first kappa shape index (κ1) is 14.4. The monoisotopic (exact) mass is 298 g/mol. The molecule has 0 amide bonds. The van der Waals surface area contributed by atoms with E-state index in [-0.39, 0.29) is 0 Å². The van der Waals surface area contributed by atoms with E-state index < -0.39 is 36.0 Å². The van der Waals surface area contributed by atoms with E-state index in [2.05, 4.69) is 0 Å². The van der Waals surface area contributed by atoms with E-state index in [9.17, 15) is 18.0 Å². The lowest BCUT2D eigenvalue weighted by molar-refractivity contribution is -0.196. The molecule has 4 unspecified atom stereocenters. The predicted molar refractivity (Wildman–Crippen MR) is 70.4 cm³/mol. The Kier molecular flexibility index (Phi) is 3.68. The lowest BCUT2D eigenvalue weighted by atomic mass is 9.84. The maximum Gasteiger partial charge on any atom is 0.392 e. The maximum absolute atomic E-state index is 13.3. The molecule has 1 aliphatic heterocycles. The summed E-state index contributed by atoms with van der Waals surface area (Å²) in [6.07, 6.45) is -2.96. The van der Waals surface area contributed by atoms with Crippen LogP contribution in [0, 0.1) is 17.8 Å². The number of epoxide rings is 1. The summed E-state index contributed by atoms with van der Waals surface area (Å²) in [5, 5.41) is 0. The number of ether oxygens (including phenoxy) is 1. The standard InChI is InChI=1S/C16H17F3O2/c17-16(18,19)13-11(7-6-10-4-2-1-3-5-10)8-9-12(13)14-15(20)21-14/h1-5,11-14H,6-9H2. The van der Waals surface area contributed by atoms with E-state index in [1.165, 1.54) is 0 Å². The van der Waals surface area contributed by atoms with Crippen molar-refractivity contribution in [1.29, 1.82) is 0 Å². The fourth-order valence-electron chi connectivity index (χ4n) is 3.64. The minimum atomic E-state index is -4.26. The van der Waals surface area contributed by atoms with Crippen molar-refractivity contribution < 1.29 is 22.7 Å². The summed E-state index contributed by atoms with van der Waals surface area (Å²) in [7, 11) is 0. The number of benzene rings is 1. The largest absolute Gasteiger partial charge is 0.447 e. The molecule has 0 N–H and O–H groups in total. The van der Waals surface area contributed by atoms with E-state index in [0.717, 1.165) is 5.56 Å². The molecule has 0 bridgehead atoms. The van der Waals surface area contributed by atoms with Gasteiger partial charge in [0.2, 0.25) is 6.10 Å². The molecule has 1 saturated carbocycles. The van der Waals surface area contributed by atoms with Crippen LogP contribution in [-0.2, 0) is 16.0 Å². The predicted octanol–water partition coefficient (Wildman–Crippen LogP) is 3.75. The topological polar surface area (TPSA) is 29.6 Å². The summed E-state index contributed by atoms with van der Waals surface area (Å²) in [6.45, 7) is 0. The SMILES string of the molecule is O=C1OC1C1CCC(CCc2ccccc2)C1C(F)(F)F.